The fourth-order valence-electron chi connectivity index (χ4n) is 5.36. The number of anilines is 2. The van der Waals surface area contributed by atoms with E-state index in [1.165, 1.54) is 11.6 Å². The molecule has 0 spiro atoms. The van der Waals surface area contributed by atoms with Crippen molar-refractivity contribution in [1.29, 1.82) is 0 Å². The molecule has 220 valence electrons. The average Bonchev–Trinajstić information content (AvgIpc) is 3.39. The first kappa shape index (κ1) is 28.2. The normalized spacial score (nSPS) is 13.4. The third-order valence-corrected chi connectivity index (χ3v) is 8.05. The molecule has 3 aromatic carbocycles. The third kappa shape index (κ3) is 5.76. The van der Waals surface area contributed by atoms with Gasteiger partial charge >= 0.3 is 5.69 Å². The van der Waals surface area contributed by atoms with Crippen LogP contribution in [0.15, 0.2) is 88.5 Å². The van der Waals surface area contributed by atoms with E-state index in [9.17, 15) is 9.59 Å². The lowest BCUT2D eigenvalue weighted by atomic mass is 10.1. The number of piperazine rings is 1. The van der Waals surface area contributed by atoms with Gasteiger partial charge in [-0.1, -0.05) is 48.0 Å². The molecule has 11 heteroatoms. The fraction of sp³-hybridized carbons (Fsp3) is 0.250. The summed E-state index contributed by atoms with van der Waals surface area (Å²) in [6, 6.07) is 25.6. The summed E-state index contributed by atoms with van der Waals surface area (Å²) in [5.74, 6) is 2.20. The van der Waals surface area contributed by atoms with Gasteiger partial charge in [-0.25, -0.2) is 4.79 Å². The van der Waals surface area contributed by atoms with Gasteiger partial charge in [0.15, 0.2) is 16.3 Å². The lowest BCUT2D eigenvalue weighted by molar-refractivity contribution is 0.386. The molecular formula is C32H33N7O3S. The minimum atomic E-state index is -0.398. The number of nitrogens with one attached hydrogen (secondary N) is 1. The number of aromatic nitrogens is 4. The minimum absolute atomic E-state index is 0.353. The second-order valence-corrected chi connectivity index (χ2v) is 11.1. The Bertz CT molecular complexity index is 1900. The lowest BCUT2D eigenvalue weighted by Gasteiger charge is -2.36. The molecule has 10 nitrogen and oxygen atoms in total. The van der Waals surface area contributed by atoms with Gasteiger partial charge in [-0.15, -0.1) is 0 Å². The van der Waals surface area contributed by atoms with Crippen LogP contribution in [-0.2, 0) is 20.6 Å². The van der Waals surface area contributed by atoms with Crippen LogP contribution in [0, 0.1) is 6.92 Å². The lowest BCUT2D eigenvalue weighted by Crippen LogP contribution is -2.50. The second-order valence-electron chi connectivity index (χ2n) is 10.7. The van der Waals surface area contributed by atoms with Crippen molar-refractivity contribution in [1.82, 2.24) is 23.6 Å². The second kappa shape index (κ2) is 11.8. The topological polar surface area (TPSA) is 89.6 Å². The van der Waals surface area contributed by atoms with Gasteiger partial charge in [-0.2, -0.15) is 4.98 Å². The summed E-state index contributed by atoms with van der Waals surface area (Å²) >= 11 is 5.75. The largest absolute Gasteiger partial charge is 0.457 e. The van der Waals surface area contributed by atoms with E-state index in [0.717, 1.165) is 32.9 Å². The fourth-order valence-corrected chi connectivity index (χ4v) is 5.66. The predicted octanol–water partition coefficient (Wildman–Crippen LogP) is 4.10. The SMILES string of the molecule is Cc1cccc(Cn2c(N3CCN(C(=S)Nc4ccc(Oc5ccccc5)cc4)CC3)nc3c2c(=O)n(C)c(=O)n3C)c1. The molecule has 3 heterocycles. The van der Waals surface area contributed by atoms with Gasteiger partial charge < -0.3 is 19.9 Å². The van der Waals surface area contributed by atoms with E-state index in [1.54, 1.807) is 7.05 Å². The minimum Gasteiger partial charge on any atom is -0.457 e. The van der Waals surface area contributed by atoms with Crippen LogP contribution in [0.1, 0.15) is 11.1 Å². The molecule has 1 saturated heterocycles. The molecule has 1 aliphatic rings. The Balaban J connectivity index is 1.19. The number of imidazole rings is 1. The Morgan fingerprint density at radius 2 is 1.58 bits per heavy atom. The average molecular weight is 596 g/mol. The highest BCUT2D eigenvalue weighted by molar-refractivity contribution is 7.80. The van der Waals surface area contributed by atoms with Crippen molar-refractivity contribution >= 4 is 40.1 Å². The first-order chi connectivity index (χ1) is 20.8. The molecule has 1 fully saturated rings. The molecule has 0 saturated carbocycles. The molecule has 0 aliphatic carbocycles. The van der Waals surface area contributed by atoms with Crippen LogP contribution in [-0.4, -0.2) is 54.9 Å². The standard InChI is InChI=1S/C32H33N7O3S/c1-22-8-7-9-23(20-22)21-39-27-28(35(2)32(41)36(3)29(27)40)34-30(39)37-16-18-38(19-17-37)31(43)33-24-12-14-26(15-13-24)42-25-10-5-4-6-11-25/h4-15,20H,16-19,21H2,1-3H3,(H,33,43). The summed E-state index contributed by atoms with van der Waals surface area (Å²) in [5, 5.41) is 3.98. The molecule has 1 aliphatic heterocycles. The molecule has 6 rings (SSSR count). The monoisotopic (exact) mass is 595 g/mol. The van der Waals surface area contributed by atoms with Gasteiger partial charge in [-0.05, 0) is 61.1 Å². The number of ether oxygens (including phenoxy) is 1. The highest BCUT2D eigenvalue weighted by Crippen LogP contribution is 2.25. The van der Waals surface area contributed by atoms with Gasteiger partial charge in [0.25, 0.3) is 5.56 Å². The molecule has 0 radical (unpaired) electrons. The highest BCUT2D eigenvalue weighted by atomic mass is 32.1. The Hall–Kier alpha value is -4.90. The van der Waals surface area contributed by atoms with E-state index in [2.05, 4.69) is 21.2 Å². The molecule has 2 aromatic heterocycles. The van der Waals surface area contributed by atoms with Crippen LogP contribution in [0.4, 0.5) is 11.6 Å². The van der Waals surface area contributed by atoms with Crippen LogP contribution in [0.5, 0.6) is 11.5 Å². The molecule has 0 amide bonds. The number of thiocarbonyl (C=S) groups is 1. The number of fused-ring (bicyclic) bond motifs is 1. The Morgan fingerprint density at radius 1 is 0.884 bits per heavy atom. The molecular weight excluding hydrogens is 562 g/mol. The first-order valence-corrected chi connectivity index (χ1v) is 14.5. The van der Waals surface area contributed by atoms with Gasteiger partial charge in [0, 0.05) is 46.0 Å². The summed E-state index contributed by atoms with van der Waals surface area (Å²) in [7, 11) is 3.16. The maximum Gasteiger partial charge on any atom is 0.332 e. The summed E-state index contributed by atoms with van der Waals surface area (Å²) in [6.45, 7) is 5.15. The van der Waals surface area contributed by atoms with E-state index in [1.807, 2.05) is 84.3 Å². The van der Waals surface area contributed by atoms with E-state index < -0.39 is 5.69 Å². The van der Waals surface area contributed by atoms with Crippen LogP contribution in [0.2, 0.25) is 0 Å². The van der Waals surface area contributed by atoms with Crippen molar-refractivity contribution in [2.75, 3.05) is 36.4 Å². The first-order valence-electron chi connectivity index (χ1n) is 14.1. The van der Waals surface area contributed by atoms with Gasteiger partial charge in [-0.3, -0.25) is 18.5 Å². The predicted molar refractivity (Wildman–Crippen MR) is 173 cm³/mol. The van der Waals surface area contributed by atoms with Crippen LogP contribution in [0.25, 0.3) is 11.2 Å². The van der Waals surface area contributed by atoms with Crippen LogP contribution in [0.3, 0.4) is 0 Å². The number of hydrogen-bond donors (Lipinski definition) is 1. The highest BCUT2D eigenvalue weighted by Gasteiger charge is 2.26. The van der Waals surface area contributed by atoms with Crippen molar-refractivity contribution in [2.24, 2.45) is 14.1 Å². The van der Waals surface area contributed by atoms with Crippen molar-refractivity contribution in [2.45, 2.75) is 13.5 Å². The zero-order valence-electron chi connectivity index (χ0n) is 24.4. The zero-order chi connectivity index (χ0) is 30.1. The van der Waals surface area contributed by atoms with Gasteiger partial charge in [0.05, 0.1) is 6.54 Å². The molecule has 0 unspecified atom stereocenters. The van der Waals surface area contributed by atoms with Gasteiger partial charge in [0.2, 0.25) is 5.95 Å². The molecule has 43 heavy (non-hydrogen) atoms. The quantitative estimate of drug-likeness (QED) is 0.294. The molecule has 1 N–H and O–H groups in total. The van der Waals surface area contributed by atoms with Crippen molar-refractivity contribution in [3.05, 3.63) is 111 Å². The van der Waals surface area contributed by atoms with Crippen LogP contribution >= 0.6 is 12.2 Å². The Labute approximate surface area is 254 Å². The summed E-state index contributed by atoms with van der Waals surface area (Å²) in [5.41, 5.74) is 3.12. The number of hydrogen-bond acceptors (Lipinski definition) is 6. The van der Waals surface area contributed by atoms with Crippen molar-refractivity contribution in [3.8, 4) is 11.5 Å². The summed E-state index contributed by atoms with van der Waals surface area (Å²) < 4.78 is 10.4. The smallest absolute Gasteiger partial charge is 0.332 e. The molecule has 0 atom stereocenters. The van der Waals surface area contributed by atoms with E-state index in [-0.39, 0.29) is 5.56 Å². The van der Waals surface area contributed by atoms with E-state index in [0.29, 0.717) is 54.9 Å². The Morgan fingerprint density at radius 3 is 2.28 bits per heavy atom. The number of nitrogens with zero attached hydrogens (tertiary/aromatic N) is 6. The summed E-state index contributed by atoms with van der Waals surface area (Å²) in [6.07, 6.45) is 0. The van der Waals surface area contributed by atoms with Gasteiger partial charge in [0.1, 0.15) is 11.5 Å². The van der Waals surface area contributed by atoms with Crippen molar-refractivity contribution in [3.63, 3.8) is 0 Å². The van der Waals surface area contributed by atoms with Crippen LogP contribution < -0.4 is 26.2 Å². The zero-order valence-corrected chi connectivity index (χ0v) is 25.2. The maximum atomic E-state index is 13.3. The van der Waals surface area contributed by atoms with Crippen molar-refractivity contribution < 1.29 is 4.74 Å². The number of para-hydroxylation sites is 1. The molecule has 0 bridgehead atoms. The van der Waals surface area contributed by atoms with E-state index >= 15 is 0 Å². The third-order valence-electron chi connectivity index (χ3n) is 7.69. The maximum absolute atomic E-state index is 13.3. The summed E-state index contributed by atoms with van der Waals surface area (Å²) in [4.78, 5) is 35.2. The molecule has 5 aromatic rings. The Kier molecular flexibility index (Phi) is 7.73. The number of rotatable bonds is 6. The number of aryl methyl sites for hydroxylation is 2. The number of benzene rings is 3. The van der Waals surface area contributed by atoms with E-state index in [4.69, 9.17) is 21.9 Å².